The first-order valence-corrected chi connectivity index (χ1v) is 9.51. The third-order valence-corrected chi connectivity index (χ3v) is 4.83. The number of methoxy groups -OCH3 is 1. The van der Waals surface area contributed by atoms with Gasteiger partial charge in [-0.3, -0.25) is 9.69 Å². The lowest BCUT2D eigenvalue weighted by molar-refractivity contribution is -0.125. The summed E-state index contributed by atoms with van der Waals surface area (Å²) in [6.07, 6.45) is 2.00. The van der Waals surface area contributed by atoms with Crippen molar-refractivity contribution < 1.29 is 14.1 Å². The van der Waals surface area contributed by atoms with Gasteiger partial charge in [-0.25, -0.2) is 0 Å². The molecule has 0 spiro atoms. The molecule has 0 aliphatic carbocycles. The number of piperazine rings is 1. The van der Waals surface area contributed by atoms with E-state index < -0.39 is 0 Å². The molecule has 0 N–H and O–H groups in total. The number of carbonyl (C=O) groups is 1. The highest BCUT2D eigenvalue weighted by Gasteiger charge is 2.33. The van der Waals surface area contributed by atoms with Gasteiger partial charge in [0.25, 0.3) is 0 Å². The molecule has 1 aliphatic rings. The van der Waals surface area contributed by atoms with Gasteiger partial charge in [-0.1, -0.05) is 5.16 Å². The Balaban J connectivity index is 1.65. The smallest absolute Gasteiger partial charge is 0.244 e. The van der Waals surface area contributed by atoms with Gasteiger partial charge in [0.2, 0.25) is 11.8 Å². The quantitative estimate of drug-likeness (QED) is 0.780. The Morgan fingerprint density at radius 3 is 2.76 bits per heavy atom. The maximum Gasteiger partial charge on any atom is 0.244 e. The van der Waals surface area contributed by atoms with Crippen LogP contribution in [0.3, 0.4) is 0 Å². The lowest BCUT2D eigenvalue weighted by Crippen LogP contribution is -2.55. The first-order valence-electron chi connectivity index (χ1n) is 8.12. The zero-order valence-electron chi connectivity index (χ0n) is 14.6. The SMILES string of the molecule is COc1ccc(N2CCN(Cc3nc(CSC)no3)[C@@H](C)C2=O)cc1. The van der Waals surface area contributed by atoms with Gasteiger partial charge in [0, 0.05) is 18.8 Å². The Bertz CT molecular complexity index is 719. The van der Waals surface area contributed by atoms with Crippen molar-refractivity contribution in [3.63, 3.8) is 0 Å². The van der Waals surface area contributed by atoms with Crippen molar-refractivity contribution in [2.45, 2.75) is 25.3 Å². The first kappa shape index (κ1) is 17.8. The van der Waals surface area contributed by atoms with E-state index in [1.165, 1.54) is 0 Å². The Morgan fingerprint density at radius 1 is 1.32 bits per heavy atom. The maximum absolute atomic E-state index is 12.8. The zero-order chi connectivity index (χ0) is 17.8. The molecule has 8 heteroatoms. The van der Waals surface area contributed by atoms with Gasteiger partial charge < -0.3 is 14.2 Å². The predicted molar refractivity (Wildman–Crippen MR) is 96.7 cm³/mol. The largest absolute Gasteiger partial charge is 0.497 e. The summed E-state index contributed by atoms with van der Waals surface area (Å²) in [5, 5.41) is 3.95. The fourth-order valence-electron chi connectivity index (χ4n) is 2.86. The van der Waals surface area contributed by atoms with E-state index in [0.29, 0.717) is 24.8 Å². The average molecular weight is 362 g/mol. The molecule has 1 amide bonds. The summed E-state index contributed by atoms with van der Waals surface area (Å²) in [5.74, 6) is 2.82. The highest BCUT2D eigenvalue weighted by Crippen LogP contribution is 2.24. The molecule has 1 aliphatic heterocycles. The molecule has 7 nitrogen and oxygen atoms in total. The van der Waals surface area contributed by atoms with Gasteiger partial charge in [0.1, 0.15) is 5.75 Å². The molecule has 0 radical (unpaired) electrons. The number of ether oxygens (including phenoxy) is 1. The number of carbonyl (C=O) groups excluding carboxylic acids is 1. The Hall–Kier alpha value is -2.06. The van der Waals surface area contributed by atoms with Gasteiger partial charge in [-0.2, -0.15) is 16.7 Å². The second-order valence-corrected chi connectivity index (χ2v) is 6.74. The van der Waals surface area contributed by atoms with Gasteiger partial charge in [0.05, 0.1) is 25.4 Å². The molecule has 3 rings (SSSR count). The lowest BCUT2D eigenvalue weighted by atomic mass is 10.1. The van der Waals surface area contributed by atoms with Gasteiger partial charge in [-0.05, 0) is 37.4 Å². The summed E-state index contributed by atoms with van der Waals surface area (Å²) in [5.41, 5.74) is 0.886. The number of amides is 1. The molecule has 0 saturated carbocycles. The minimum Gasteiger partial charge on any atom is -0.497 e. The van der Waals surface area contributed by atoms with Crippen molar-refractivity contribution in [3.8, 4) is 5.75 Å². The van der Waals surface area contributed by atoms with E-state index in [1.54, 1.807) is 18.9 Å². The third kappa shape index (κ3) is 3.96. The Kier molecular flexibility index (Phi) is 5.60. The molecule has 1 atom stereocenters. The number of nitrogens with zero attached hydrogens (tertiary/aromatic N) is 4. The second kappa shape index (κ2) is 7.88. The molecule has 2 aromatic rings. The molecule has 0 bridgehead atoms. The second-order valence-electron chi connectivity index (χ2n) is 5.87. The minimum absolute atomic E-state index is 0.0697. The topological polar surface area (TPSA) is 71.7 Å². The molecular weight excluding hydrogens is 340 g/mol. The third-order valence-electron chi connectivity index (χ3n) is 4.29. The van der Waals surface area contributed by atoms with Crippen molar-refractivity contribution in [1.82, 2.24) is 15.0 Å². The zero-order valence-corrected chi connectivity index (χ0v) is 15.5. The maximum atomic E-state index is 12.8. The number of benzene rings is 1. The normalized spacial score (nSPS) is 18.6. The van der Waals surface area contributed by atoms with Crippen LogP contribution in [-0.2, 0) is 17.1 Å². The minimum atomic E-state index is -0.244. The average Bonchev–Trinajstić information content (AvgIpc) is 3.07. The van der Waals surface area contributed by atoms with E-state index in [2.05, 4.69) is 15.0 Å². The molecule has 2 heterocycles. The van der Waals surface area contributed by atoms with Crippen LogP contribution in [0.5, 0.6) is 5.75 Å². The van der Waals surface area contributed by atoms with E-state index in [1.807, 2.05) is 42.3 Å². The number of hydrogen-bond donors (Lipinski definition) is 0. The lowest BCUT2D eigenvalue weighted by Gasteiger charge is -2.38. The highest BCUT2D eigenvalue weighted by atomic mass is 32.2. The van der Waals surface area contributed by atoms with Crippen LogP contribution >= 0.6 is 11.8 Å². The van der Waals surface area contributed by atoms with Crippen LogP contribution in [-0.4, -0.2) is 53.4 Å². The van der Waals surface area contributed by atoms with Gasteiger partial charge in [-0.15, -0.1) is 0 Å². The number of hydrogen-bond acceptors (Lipinski definition) is 7. The summed E-state index contributed by atoms with van der Waals surface area (Å²) in [7, 11) is 1.63. The fraction of sp³-hybridized carbons (Fsp3) is 0.471. The number of aromatic nitrogens is 2. The van der Waals surface area contributed by atoms with Crippen molar-refractivity contribution in [2.24, 2.45) is 0 Å². The first-order chi connectivity index (χ1) is 12.1. The van der Waals surface area contributed by atoms with Crippen LogP contribution in [0, 0.1) is 0 Å². The van der Waals surface area contributed by atoms with E-state index in [-0.39, 0.29) is 11.9 Å². The van der Waals surface area contributed by atoms with Crippen molar-refractivity contribution in [3.05, 3.63) is 36.0 Å². The van der Waals surface area contributed by atoms with Crippen LogP contribution in [0.4, 0.5) is 5.69 Å². The molecule has 1 aromatic carbocycles. The number of thioether (sulfide) groups is 1. The van der Waals surface area contributed by atoms with E-state index in [4.69, 9.17) is 9.26 Å². The summed E-state index contributed by atoms with van der Waals surface area (Å²) < 4.78 is 10.5. The van der Waals surface area contributed by atoms with Gasteiger partial charge in [0.15, 0.2) is 5.82 Å². The molecule has 1 saturated heterocycles. The summed E-state index contributed by atoms with van der Waals surface area (Å²) in [6.45, 7) is 3.78. The summed E-state index contributed by atoms with van der Waals surface area (Å²) >= 11 is 1.65. The van der Waals surface area contributed by atoms with Crippen LogP contribution in [0.25, 0.3) is 0 Å². The van der Waals surface area contributed by atoms with Gasteiger partial charge >= 0.3 is 0 Å². The fourth-order valence-corrected chi connectivity index (χ4v) is 3.24. The van der Waals surface area contributed by atoms with E-state index >= 15 is 0 Å². The molecule has 1 fully saturated rings. The van der Waals surface area contributed by atoms with E-state index in [9.17, 15) is 4.79 Å². The predicted octanol–water partition coefficient (Wildman–Crippen LogP) is 2.18. The highest BCUT2D eigenvalue weighted by molar-refractivity contribution is 7.97. The summed E-state index contributed by atoms with van der Waals surface area (Å²) in [4.78, 5) is 21.0. The molecule has 25 heavy (non-hydrogen) atoms. The van der Waals surface area contributed by atoms with Crippen molar-refractivity contribution in [1.29, 1.82) is 0 Å². The summed E-state index contributed by atoms with van der Waals surface area (Å²) in [6, 6.07) is 7.31. The molecule has 134 valence electrons. The van der Waals surface area contributed by atoms with Crippen LogP contribution in [0.2, 0.25) is 0 Å². The van der Waals surface area contributed by atoms with Crippen LogP contribution in [0.15, 0.2) is 28.8 Å². The molecular formula is C17H22N4O3S. The molecule has 1 aromatic heterocycles. The van der Waals surface area contributed by atoms with Crippen LogP contribution < -0.4 is 9.64 Å². The molecule has 0 unspecified atom stereocenters. The van der Waals surface area contributed by atoms with E-state index in [0.717, 1.165) is 23.7 Å². The number of rotatable bonds is 6. The standard InChI is InChI=1S/C17H22N4O3S/c1-12-17(22)21(13-4-6-14(23-2)7-5-13)9-8-20(12)10-16-18-15(11-25-3)19-24-16/h4-7,12H,8-11H2,1-3H3/t12-/m0/s1. The van der Waals surface area contributed by atoms with Crippen molar-refractivity contribution >= 4 is 23.4 Å². The van der Waals surface area contributed by atoms with Crippen LogP contribution in [0.1, 0.15) is 18.6 Å². The Morgan fingerprint density at radius 2 is 2.08 bits per heavy atom. The monoisotopic (exact) mass is 362 g/mol. The van der Waals surface area contributed by atoms with Crippen molar-refractivity contribution in [2.75, 3.05) is 31.4 Å². The Labute approximate surface area is 151 Å². The number of anilines is 1.